The molecule has 1 atom stereocenters. The molecule has 13 heavy (non-hydrogen) atoms. The minimum atomic E-state index is 0.351. The Labute approximate surface area is 90.4 Å². The second-order valence-electron chi connectivity index (χ2n) is 4.65. The van der Waals surface area contributed by atoms with Gasteiger partial charge >= 0.3 is 0 Å². The van der Waals surface area contributed by atoms with Gasteiger partial charge in [0, 0.05) is 17.4 Å². The molecule has 0 spiro atoms. The van der Waals surface area contributed by atoms with Gasteiger partial charge in [0.05, 0.1) is 6.61 Å². The molecule has 0 aromatic heterocycles. The number of alkyl halides is 1. The third-order valence-electron chi connectivity index (χ3n) is 2.68. The third kappa shape index (κ3) is 4.46. The largest absolute Gasteiger partial charge is 0.381 e. The van der Waals surface area contributed by atoms with Crippen LogP contribution in [0, 0.1) is 11.3 Å². The summed E-state index contributed by atoms with van der Waals surface area (Å²) in [5, 5.41) is 1.05. The molecule has 0 aromatic rings. The maximum absolute atomic E-state index is 5.74. The predicted octanol–water partition coefficient (Wildman–Crippen LogP) is 3.61. The van der Waals surface area contributed by atoms with Crippen molar-refractivity contribution in [3.05, 3.63) is 0 Å². The number of halogens is 1. The van der Waals surface area contributed by atoms with Crippen LogP contribution in [0.3, 0.4) is 0 Å². The van der Waals surface area contributed by atoms with E-state index in [4.69, 9.17) is 4.74 Å². The molecule has 0 aliphatic heterocycles. The molecule has 0 radical (unpaired) electrons. The fraction of sp³-hybridized carbons (Fsp3) is 1.00. The third-order valence-corrected chi connectivity index (χ3v) is 4.03. The maximum Gasteiger partial charge on any atom is 0.0527 e. The summed E-state index contributed by atoms with van der Waals surface area (Å²) in [6, 6.07) is 0. The first kappa shape index (κ1) is 11.5. The van der Waals surface area contributed by atoms with Gasteiger partial charge in [-0.25, -0.2) is 0 Å². The molecule has 0 amide bonds. The molecule has 1 unspecified atom stereocenters. The van der Waals surface area contributed by atoms with Gasteiger partial charge in [-0.3, -0.25) is 0 Å². The van der Waals surface area contributed by atoms with E-state index in [1.54, 1.807) is 0 Å². The van der Waals surface area contributed by atoms with Crippen molar-refractivity contribution in [2.75, 3.05) is 18.5 Å². The molecule has 1 aliphatic rings. The molecule has 0 aromatic carbocycles. The lowest BCUT2D eigenvalue weighted by Crippen LogP contribution is -2.25. The van der Waals surface area contributed by atoms with Crippen molar-refractivity contribution >= 4 is 15.9 Å². The standard InChI is InChI=1S/C11H21BrO/c1-3-6-11(2,8-12)9-13-7-10-4-5-10/h10H,3-9H2,1-2H3. The Hall–Kier alpha value is 0.440. The van der Waals surface area contributed by atoms with Crippen molar-refractivity contribution in [1.82, 2.24) is 0 Å². The molecule has 0 saturated heterocycles. The first-order chi connectivity index (χ1) is 6.20. The number of hydrogen-bond acceptors (Lipinski definition) is 1. The molecular formula is C11H21BrO. The van der Waals surface area contributed by atoms with Gasteiger partial charge in [-0.05, 0) is 25.2 Å². The minimum absolute atomic E-state index is 0.351. The molecule has 0 bridgehead atoms. The van der Waals surface area contributed by atoms with E-state index in [2.05, 4.69) is 29.8 Å². The van der Waals surface area contributed by atoms with Gasteiger partial charge in [0.2, 0.25) is 0 Å². The molecule has 78 valence electrons. The summed E-state index contributed by atoms with van der Waals surface area (Å²) in [5.74, 6) is 0.890. The Morgan fingerprint density at radius 1 is 1.46 bits per heavy atom. The first-order valence-corrected chi connectivity index (χ1v) is 6.46. The van der Waals surface area contributed by atoms with Crippen molar-refractivity contribution < 1.29 is 4.74 Å². The van der Waals surface area contributed by atoms with Gasteiger partial charge in [-0.1, -0.05) is 36.2 Å². The van der Waals surface area contributed by atoms with Crippen molar-refractivity contribution in [3.63, 3.8) is 0 Å². The fourth-order valence-electron chi connectivity index (χ4n) is 1.54. The highest BCUT2D eigenvalue weighted by Crippen LogP contribution is 2.31. The highest BCUT2D eigenvalue weighted by Gasteiger charge is 2.25. The average Bonchev–Trinajstić information content (AvgIpc) is 2.89. The summed E-state index contributed by atoms with van der Waals surface area (Å²) in [6.45, 7) is 6.45. The monoisotopic (exact) mass is 248 g/mol. The normalized spacial score (nSPS) is 21.5. The molecule has 1 saturated carbocycles. The van der Waals surface area contributed by atoms with E-state index in [1.165, 1.54) is 25.7 Å². The van der Waals surface area contributed by atoms with Crippen molar-refractivity contribution in [3.8, 4) is 0 Å². The summed E-state index contributed by atoms with van der Waals surface area (Å²) >= 11 is 3.58. The van der Waals surface area contributed by atoms with Crippen LogP contribution in [0.5, 0.6) is 0 Å². The topological polar surface area (TPSA) is 9.23 Å². The molecule has 2 heteroatoms. The predicted molar refractivity (Wildman–Crippen MR) is 60.4 cm³/mol. The lowest BCUT2D eigenvalue weighted by atomic mass is 9.89. The lowest BCUT2D eigenvalue weighted by molar-refractivity contribution is 0.0542. The highest BCUT2D eigenvalue weighted by molar-refractivity contribution is 9.09. The Bertz CT molecular complexity index is 145. The van der Waals surface area contributed by atoms with Crippen LogP contribution >= 0.6 is 15.9 Å². The van der Waals surface area contributed by atoms with Crippen LogP contribution in [-0.4, -0.2) is 18.5 Å². The Morgan fingerprint density at radius 2 is 2.15 bits per heavy atom. The van der Waals surface area contributed by atoms with Gasteiger partial charge in [-0.2, -0.15) is 0 Å². The Kier molecular flexibility index (Phi) is 4.74. The van der Waals surface area contributed by atoms with Gasteiger partial charge in [0.25, 0.3) is 0 Å². The smallest absolute Gasteiger partial charge is 0.0527 e. The number of rotatable bonds is 7. The molecule has 0 heterocycles. The zero-order valence-electron chi connectivity index (χ0n) is 8.81. The van der Waals surface area contributed by atoms with Crippen molar-refractivity contribution in [2.45, 2.75) is 39.5 Å². The van der Waals surface area contributed by atoms with E-state index < -0.39 is 0 Å². The second kappa shape index (κ2) is 5.35. The minimum Gasteiger partial charge on any atom is -0.381 e. The van der Waals surface area contributed by atoms with Gasteiger partial charge in [0.15, 0.2) is 0 Å². The molecule has 1 fully saturated rings. The van der Waals surface area contributed by atoms with Crippen molar-refractivity contribution in [1.29, 1.82) is 0 Å². The quantitative estimate of drug-likeness (QED) is 0.626. The zero-order valence-corrected chi connectivity index (χ0v) is 10.4. The van der Waals surface area contributed by atoms with Crippen LogP contribution in [0.15, 0.2) is 0 Å². The highest BCUT2D eigenvalue weighted by atomic mass is 79.9. The van der Waals surface area contributed by atoms with Crippen molar-refractivity contribution in [2.24, 2.45) is 11.3 Å². The summed E-state index contributed by atoms with van der Waals surface area (Å²) in [5.41, 5.74) is 0.351. The number of hydrogen-bond donors (Lipinski definition) is 0. The molecular weight excluding hydrogens is 228 g/mol. The summed E-state index contributed by atoms with van der Waals surface area (Å²) in [4.78, 5) is 0. The van der Waals surface area contributed by atoms with Crippen LogP contribution in [0.2, 0.25) is 0 Å². The SMILES string of the molecule is CCCC(C)(CBr)COCC1CC1. The van der Waals surface area contributed by atoms with Gasteiger partial charge in [0.1, 0.15) is 0 Å². The Balaban J connectivity index is 2.12. The van der Waals surface area contributed by atoms with Gasteiger partial charge in [-0.15, -0.1) is 0 Å². The van der Waals surface area contributed by atoms with Crippen LogP contribution in [-0.2, 0) is 4.74 Å². The molecule has 1 rings (SSSR count). The Morgan fingerprint density at radius 3 is 2.62 bits per heavy atom. The average molecular weight is 249 g/mol. The van der Waals surface area contributed by atoms with E-state index in [-0.39, 0.29) is 0 Å². The lowest BCUT2D eigenvalue weighted by Gasteiger charge is -2.26. The first-order valence-electron chi connectivity index (χ1n) is 5.34. The van der Waals surface area contributed by atoms with Crippen LogP contribution in [0.4, 0.5) is 0 Å². The van der Waals surface area contributed by atoms with E-state index in [9.17, 15) is 0 Å². The summed E-state index contributed by atoms with van der Waals surface area (Å²) in [6.07, 6.45) is 5.27. The van der Waals surface area contributed by atoms with E-state index in [0.29, 0.717) is 5.41 Å². The van der Waals surface area contributed by atoms with Crippen LogP contribution < -0.4 is 0 Å². The van der Waals surface area contributed by atoms with E-state index in [1.807, 2.05) is 0 Å². The second-order valence-corrected chi connectivity index (χ2v) is 5.21. The fourth-order valence-corrected chi connectivity index (χ4v) is 1.98. The van der Waals surface area contributed by atoms with E-state index >= 15 is 0 Å². The zero-order chi connectivity index (χ0) is 9.73. The summed E-state index contributed by atoms with van der Waals surface area (Å²) < 4.78 is 5.74. The van der Waals surface area contributed by atoms with Crippen LogP contribution in [0.1, 0.15) is 39.5 Å². The molecule has 0 N–H and O–H groups in total. The number of ether oxygens (including phenoxy) is 1. The van der Waals surface area contributed by atoms with E-state index in [0.717, 1.165) is 24.5 Å². The van der Waals surface area contributed by atoms with Crippen LogP contribution in [0.25, 0.3) is 0 Å². The summed E-state index contributed by atoms with van der Waals surface area (Å²) in [7, 11) is 0. The van der Waals surface area contributed by atoms with Gasteiger partial charge < -0.3 is 4.74 Å². The maximum atomic E-state index is 5.74. The molecule has 1 nitrogen and oxygen atoms in total. The molecule has 1 aliphatic carbocycles.